The molecule has 0 spiro atoms. The summed E-state index contributed by atoms with van der Waals surface area (Å²) in [5.74, 6) is -0.421. The van der Waals surface area contributed by atoms with Crippen molar-refractivity contribution in [3.63, 3.8) is 0 Å². The highest BCUT2D eigenvalue weighted by Crippen LogP contribution is 2.28. The Morgan fingerprint density at radius 2 is 1.52 bits per heavy atom. The summed E-state index contributed by atoms with van der Waals surface area (Å²) in [7, 11) is 0. The molecule has 7 heteroatoms. The quantitative estimate of drug-likeness (QED) is 0.824. The maximum Gasteiger partial charge on any atom is 0.416 e. The average molecular weight is 326 g/mol. The van der Waals surface area contributed by atoms with Crippen molar-refractivity contribution in [1.82, 2.24) is 10.6 Å². The fourth-order valence-corrected chi connectivity index (χ4v) is 1.87. The van der Waals surface area contributed by atoms with E-state index in [0.29, 0.717) is 11.1 Å². The van der Waals surface area contributed by atoms with Gasteiger partial charge in [-0.3, -0.25) is 0 Å². The maximum atomic E-state index is 13.4. The molecule has 2 aromatic carbocycles. The van der Waals surface area contributed by atoms with E-state index in [2.05, 4.69) is 10.6 Å². The van der Waals surface area contributed by atoms with Crippen LogP contribution in [0.25, 0.3) is 0 Å². The van der Waals surface area contributed by atoms with Crippen LogP contribution in [0.4, 0.5) is 22.4 Å². The summed E-state index contributed by atoms with van der Waals surface area (Å²) in [5, 5.41) is 4.97. The molecule has 0 aliphatic heterocycles. The molecular formula is C16H14F4N2O. The number of hydrogen-bond acceptors (Lipinski definition) is 1. The molecule has 0 aromatic heterocycles. The van der Waals surface area contributed by atoms with Crippen LogP contribution >= 0.6 is 0 Å². The molecule has 122 valence electrons. The van der Waals surface area contributed by atoms with Crippen LogP contribution < -0.4 is 10.6 Å². The average Bonchev–Trinajstić information content (AvgIpc) is 2.51. The zero-order valence-corrected chi connectivity index (χ0v) is 12.0. The number of benzene rings is 2. The zero-order chi connectivity index (χ0) is 16.9. The normalized spacial score (nSPS) is 11.1. The smallest absolute Gasteiger partial charge is 0.334 e. The third-order valence-electron chi connectivity index (χ3n) is 3.13. The first-order valence-electron chi connectivity index (χ1n) is 6.77. The second-order valence-electron chi connectivity index (χ2n) is 4.82. The van der Waals surface area contributed by atoms with Gasteiger partial charge in [-0.2, -0.15) is 13.2 Å². The Kier molecular flexibility index (Phi) is 5.20. The van der Waals surface area contributed by atoms with E-state index in [-0.39, 0.29) is 13.1 Å². The SMILES string of the molecule is O=C(NCc1ccc(C(F)(F)F)cc1)NCc1ccccc1F. The number of carbonyl (C=O) groups is 1. The molecule has 0 saturated carbocycles. The molecular weight excluding hydrogens is 312 g/mol. The largest absolute Gasteiger partial charge is 0.416 e. The highest BCUT2D eigenvalue weighted by Gasteiger charge is 2.29. The number of urea groups is 1. The van der Waals surface area contributed by atoms with Crippen molar-refractivity contribution in [2.24, 2.45) is 0 Å². The molecule has 0 unspecified atom stereocenters. The lowest BCUT2D eigenvalue weighted by atomic mass is 10.1. The minimum absolute atomic E-state index is 0.0194. The Labute approximate surface area is 130 Å². The van der Waals surface area contributed by atoms with E-state index in [9.17, 15) is 22.4 Å². The molecule has 0 heterocycles. The third kappa shape index (κ3) is 4.98. The molecule has 3 nitrogen and oxygen atoms in total. The Morgan fingerprint density at radius 1 is 0.913 bits per heavy atom. The van der Waals surface area contributed by atoms with Gasteiger partial charge in [-0.25, -0.2) is 9.18 Å². The number of carbonyl (C=O) groups excluding carboxylic acids is 1. The van der Waals surface area contributed by atoms with E-state index in [4.69, 9.17) is 0 Å². The van der Waals surface area contributed by atoms with E-state index in [1.165, 1.54) is 18.2 Å². The van der Waals surface area contributed by atoms with Crippen LogP contribution in [-0.4, -0.2) is 6.03 Å². The zero-order valence-electron chi connectivity index (χ0n) is 12.0. The molecule has 0 bridgehead atoms. The molecule has 0 aliphatic carbocycles. The third-order valence-corrected chi connectivity index (χ3v) is 3.13. The van der Waals surface area contributed by atoms with Gasteiger partial charge in [0.1, 0.15) is 5.82 Å². The minimum Gasteiger partial charge on any atom is -0.334 e. The number of rotatable bonds is 4. The molecule has 0 saturated heterocycles. The molecule has 0 aliphatic rings. The van der Waals surface area contributed by atoms with Crippen molar-refractivity contribution in [2.75, 3.05) is 0 Å². The molecule has 2 aromatic rings. The Morgan fingerprint density at radius 3 is 2.13 bits per heavy atom. The molecule has 2 N–H and O–H groups in total. The lowest BCUT2D eigenvalue weighted by Crippen LogP contribution is -2.34. The van der Waals surface area contributed by atoms with Crippen molar-refractivity contribution < 1.29 is 22.4 Å². The minimum atomic E-state index is -4.39. The van der Waals surface area contributed by atoms with Gasteiger partial charge in [-0.05, 0) is 23.8 Å². The van der Waals surface area contributed by atoms with Crippen LogP contribution in [0.2, 0.25) is 0 Å². The number of amides is 2. The van der Waals surface area contributed by atoms with Gasteiger partial charge in [0.2, 0.25) is 0 Å². The van der Waals surface area contributed by atoms with E-state index in [1.54, 1.807) is 18.2 Å². The molecule has 0 radical (unpaired) electrons. The lowest BCUT2D eigenvalue weighted by molar-refractivity contribution is -0.137. The van der Waals surface area contributed by atoms with Gasteiger partial charge in [-0.15, -0.1) is 0 Å². The van der Waals surface area contributed by atoms with E-state index < -0.39 is 23.6 Å². The second kappa shape index (κ2) is 7.13. The van der Waals surface area contributed by atoms with E-state index in [1.807, 2.05) is 0 Å². The van der Waals surface area contributed by atoms with Crippen LogP contribution in [0, 0.1) is 5.82 Å². The van der Waals surface area contributed by atoms with Gasteiger partial charge < -0.3 is 10.6 Å². The topological polar surface area (TPSA) is 41.1 Å². The number of alkyl halides is 3. The van der Waals surface area contributed by atoms with Crippen molar-refractivity contribution in [3.8, 4) is 0 Å². The van der Waals surface area contributed by atoms with Gasteiger partial charge in [0.05, 0.1) is 5.56 Å². The van der Waals surface area contributed by atoms with E-state index >= 15 is 0 Å². The first-order chi connectivity index (χ1) is 10.9. The summed E-state index contributed by atoms with van der Waals surface area (Å²) in [6.45, 7) is 0.0900. The van der Waals surface area contributed by atoms with Gasteiger partial charge >= 0.3 is 12.2 Å². The van der Waals surface area contributed by atoms with Crippen molar-refractivity contribution in [1.29, 1.82) is 0 Å². The van der Waals surface area contributed by atoms with Crippen LogP contribution in [0.1, 0.15) is 16.7 Å². The number of halogens is 4. The summed E-state index contributed by atoms with van der Waals surface area (Å²) in [5.41, 5.74) is 0.126. The van der Waals surface area contributed by atoms with Crippen LogP contribution in [-0.2, 0) is 19.3 Å². The van der Waals surface area contributed by atoms with Gasteiger partial charge in [0.25, 0.3) is 0 Å². The van der Waals surface area contributed by atoms with Crippen molar-refractivity contribution in [3.05, 3.63) is 71.0 Å². The number of hydrogen-bond donors (Lipinski definition) is 2. The predicted octanol–water partition coefficient (Wildman–Crippen LogP) is 3.84. The Bertz CT molecular complexity index is 669. The van der Waals surface area contributed by atoms with Crippen LogP contribution in [0.15, 0.2) is 48.5 Å². The van der Waals surface area contributed by atoms with Gasteiger partial charge in [-0.1, -0.05) is 30.3 Å². The van der Waals surface area contributed by atoms with Crippen LogP contribution in [0.3, 0.4) is 0 Å². The lowest BCUT2D eigenvalue weighted by Gasteiger charge is -2.10. The first kappa shape index (κ1) is 16.8. The molecule has 0 fully saturated rings. The van der Waals surface area contributed by atoms with E-state index in [0.717, 1.165) is 12.1 Å². The Balaban J connectivity index is 1.81. The standard InChI is InChI=1S/C16H14F4N2O/c17-14-4-2-1-3-12(14)10-22-15(23)21-9-11-5-7-13(8-6-11)16(18,19)20/h1-8H,9-10H2,(H2,21,22,23). The van der Waals surface area contributed by atoms with Crippen molar-refractivity contribution in [2.45, 2.75) is 19.3 Å². The number of nitrogens with one attached hydrogen (secondary N) is 2. The fraction of sp³-hybridized carbons (Fsp3) is 0.188. The fourth-order valence-electron chi connectivity index (χ4n) is 1.87. The molecule has 0 atom stereocenters. The Hall–Kier alpha value is -2.57. The predicted molar refractivity (Wildman–Crippen MR) is 76.9 cm³/mol. The highest BCUT2D eigenvalue weighted by atomic mass is 19.4. The summed E-state index contributed by atoms with van der Waals surface area (Å²) in [6, 6.07) is 9.99. The van der Waals surface area contributed by atoms with Crippen LogP contribution in [0.5, 0.6) is 0 Å². The summed E-state index contributed by atoms with van der Waals surface area (Å²) < 4.78 is 50.6. The first-order valence-corrected chi connectivity index (χ1v) is 6.77. The summed E-state index contributed by atoms with van der Waals surface area (Å²) in [4.78, 5) is 11.6. The monoisotopic (exact) mass is 326 g/mol. The molecule has 2 rings (SSSR count). The molecule has 2 amide bonds. The second-order valence-corrected chi connectivity index (χ2v) is 4.82. The highest BCUT2D eigenvalue weighted by molar-refractivity contribution is 5.73. The van der Waals surface area contributed by atoms with Crippen molar-refractivity contribution >= 4 is 6.03 Å². The summed E-state index contributed by atoms with van der Waals surface area (Å²) >= 11 is 0. The maximum absolute atomic E-state index is 13.4. The van der Waals surface area contributed by atoms with Gasteiger partial charge in [0, 0.05) is 18.7 Å². The summed E-state index contributed by atoms with van der Waals surface area (Å²) in [6.07, 6.45) is -4.39. The van der Waals surface area contributed by atoms with Gasteiger partial charge in [0.15, 0.2) is 0 Å². The molecule has 23 heavy (non-hydrogen) atoms.